The maximum atomic E-state index is 12.1. The molecule has 2 aromatic carbocycles. The first-order valence-corrected chi connectivity index (χ1v) is 7.69. The number of carbonyl (C=O) groups excluding carboxylic acids is 2. The summed E-state index contributed by atoms with van der Waals surface area (Å²) in [6.45, 7) is 0.491. The van der Waals surface area contributed by atoms with Gasteiger partial charge in [-0.25, -0.2) is 9.59 Å². The highest BCUT2D eigenvalue weighted by atomic mass is 35.5. The molecular formula is C17H14Cl2O5. The van der Waals surface area contributed by atoms with Gasteiger partial charge in [0.1, 0.15) is 12.4 Å². The number of rotatable bonds is 6. The van der Waals surface area contributed by atoms with Crippen molar-refractivity contribution >= 4 is 35.1 Å². The van der Waals surface area contributed by atoms with Crippen LogP contribution in [0.1, 0.15) is 20.7 Å². The molecule has 7 heteroatoms. The molecule has 0 aliphatic rings. The van der Waals surface area contributed by atoms with Crippen LogP contribution >= 0.6 is 23.2 Å². The van der Waals surface area contributed by atoms with E-state index < -0.39 is 11.9 Å². The van der Waals surface area contributed by atoms with E-state index in [1.54, 1.807) is 0 Å². The summed E-state index contributed by atoms with van der Waals surface area (Å²) in [7, 11) is 1.52. The highest BCUT2D eigenvalue weighted by molar-refractivity contribution is 6.35. The molecule has 0 saturated carbocycles. The molecule has 24 heavy (non-hydrogen) atoms. The summed E-state index contributed by atoms with van der Waals surface area (Å²) in [5.41, 5.74) is 0.576. The van der Waals surface area contributed by atoms with Gasteiger partial charge < -0.3 is 14.2 Å². The van der Waals surface area contributed by atoms with Gasteiger partial charge in [0.2, 0.25) is 0 Å². The number of halogens is 2. The minimum absolute atomic E-state index is 0.168. The van der Waals surface area contributed by atoms with Crippen LogP contribution in [-0.4, -0.2) is 32.3 Å². The zero-order valence-corrected chi connectivity index (χ0v) is 14.3. The van der Waals surface area contributed by atoms with Gasteiger partial charge >= 0.3 is 11.9 Å². The van der Waals surface area contributed by atoms with Gasteiger partial charge in [0.15, 0.2) is 0 Å². The van der Waals surface area contributed by atoms with Crippen molar-refractivity contribution in [2.45, 2.75) is 0 Å². The van der Waals surface area contributed by atoms with E-state index in [1.807, 2.05) is 0 Å². The summed E-state index contributed by atoms with van der Waals surface area (Å²) in [6, 6.07) is 10.4. The van der Waals surface area contributed by atoms with Crippen LogP contribution in [-0.2, 0) is 9.47 Å². The van der Waals surface area contributed by atoms with Crippen LogP contribution in [0.25, 0.3) is 0 Å². The molecule has 0 bridgehead atoms. The van der Waals surface area contributed by atoms with Gasteiger partial charge in [0.25, 0.3) is 0 Å². The van der Waals surface area contributed by atoms with Crippen LogP contribution in [0.5, 0.6) is 5.75 Å². The number of benzene rings is 2. The summed E-state index contributed by atoms with van der Waals surface area (Å²) in [6.07, 6.45) is 0. The van der Waals surface area contributed by atoms with Crippen molar-refractivity contribution in [1.29, 1.82) is 0 Å². The summed E-state index contributed by atoms with van der Waals surface area (Å²) < 4.78 is 15.0. The fourth-order valence-corrected chi connectivity index (χ4v) is 2.32. The van der Waals surface area contributed by atoms with Crippen molar-refractivity contribution in [3.63, 3.8) is 0 Å². The SMILES string of the molecule is COCCOC(=O)c1ccc(OC(=O)c2cc(Cl)cc(Cl)c2)cc1. The lowest BCUT2D eigenvalue weighted by molar-refractivity contribution is 0.0388. The van der Waals surface area contributed by atoms with Crippen LogP contribution in [0.4, 0.5) is 0 Å². The second kappa shape index (κ2) is 8.68. The molecule has 0 radical (unpaired) electrons. The van der Waals surface area contributed by atoms with Crippen LogP contribution in [0, 0.1) is 0 Å². The summed E-state index contributed by atoms with van der Waals surface area (Å²) in [5.74, 6) is -0.800. The molecule has 2 aromatic rings. The van der Waals surface area contributed by atoms with E-state index in [1.165, 1.54) is 49.6 Å². The quantitative estimate of drug-likeness (QED) is 0.437. The fraction of sp³-hybridized carbons (Fsp3) is 0.176. The number of methoxy groups -OCH3 is 1. The molecule has 5 nitrogen and oxygen atoms in total. The molecule has 0 amide bonds. The lowest BCUT2D eigenvalue weighted by Gasteiger charge is -2.07. The molecule has 0 aliphatic heterocycles. The Morgan fingerprint density at radius 2 is 1.50 bits per heavy atom. The monoisotopic (exact) mass is 368 g/mol. The van der Waals surface area contributed by atoms with Gasteiger partial charge in [-0.1, -0.05) is 23.2 Å². The zero-order valence-electron chi connectivity index (χ0n) is 12.8. The van der Waals surface area contributed by atoms with Crippen molar-refractivity contribution in [1.82, 2.24) is 0 Å². The lowest BCUT2D eigenvalue weighted by atomic mass is 10.2. The van der Waals surface area contributed by atoms with Crippen molar-refractivity contribution in [2.75, 3.05) is 20.3 Å². The highest BCUT2D eigenvalue weighted by Gasteiger charge is 2.12. The second-order valence-corrected chi connectivity index (χ2v) is 5.57. The Balaban J connectivity index is 2.00. The maximum absolute atomic E-state index is 12.1. The summed E-state index contributed by atoms with van der Waals surface area (Å²) in [5, 5.41) is 0.673. The normalized spacial score (nSPS) is 10.3. The van der Waals surface area contributed by atoms with Gasteiger partial charge in [0.05, 0.1) is 17.7 Å². The molecule has 0 N–H and O–H groups in total. The minimum atomic E-state index is -0.602. The van der Waals surface area contributed by atoms with Crippen molar-refractivity contribution in [3.8, 4) is 5.75 Å². The van der Waals surface area contributed by atoms with Crippen LogP contribution < -0.4 is 4.74 Å². The predicted octanol–water partition coefficient (Wildman–Crippen LogP) is 4.02. The van der Waals surface area contributed by atoms with Gasteiger partial charge in [-0.2, -0.15) is 0 Å². The van der Waals surface area contributed by atoms with E-state index in [0.29, 0.717) is 22.2 Å². The molecule has 0 spiro atoms. The first-order valence-electron chi connectivity index (χ1n) is 6.94. The molecule has 0 atom stereocenters. The lowest BCUT2D eigenvalue weighted by Crippen LogP contribution is -2.11. The smallest absolute Gasteiger partial charge is 0.343 e. The van der Waals surface area contributed by atoms with Crippen LogP contribution in [0.2, 0.25) is 10.0 Å². The van der Waals surface area contributed by atoms with E-state index in [-0.39, 0.29) is 17.9 Å². The van der Waals surface area contributed by atoms with Crippen molar-refractivity contribution in [2.24, 2.45) is 0 Å². The molecule has 126 valence electrons. The minimum Gasteiger partial charge on any atom is -0.460 e. The Kier molecular flexibility index (Phi) is 6.61. The van der Waals surface area contributed by atoms with Gasteiger partial charge in [-0.3, -0.25) is 0 Å². The van der Waals surface area contributed by atoms with Crippen molar-refractivity contribution in [3.05, 3.63) is 63.6 Å². The Hall–Kier alpha value is -2.08. The summed E-state index contributed by atoms with van der Waals surface area (Å²) in [4.78, 5) is 23.8. The molecule has 0 saturated heterocycles. The first kappa shape index (κ1) is 18.3. The van der Waals surface area contributed by atoms with E-state index >= 15 is 0 Å². The predicted molar refractivity (Wildman–Crippen MR) is 90.0 cm³/mol. The third-order valence-corrected chi connectivity index (χ3v) is 3.36. The molecule has 0 heterocycles. The Morgan fingerprint density at radius 3 is 2.08 bits per heavy atom. The molecule has 0 unspecified atom stereocenters. The van der Waals surface area contributed by atoms with E-state index in [2.05, 4.69) is 0 Å². The number of hydrogen-bond acceptors (Lipinski definition) is 5. The third kappa shape index (κ3) is 5.23. The molecular weight excluding hydrogens is 355 g/mol. The van der Waals surface area contributed by atoms with Gasteiger partial charge in [-0.15, -0.1) is 0 Å². The third-order valence-electron chi connectivity index (χ3n) is 2.92. The first-order chi connectivity index (χ1) is 11.5. The Labute approximate surface area is 149 Å². The van der Waals surface area contributed by atoms with Crippen LogP contribution in [0.3, 0.4) is 0 Å². The average Bonchev–Trinajstić information content (AvgIpc) is 2.54. The highest BCUT2D eigenvalue weighted by Crippen LogP contribution is 2.21. The second-order valence-electron chi connectivity index (χ2n) is 4.70. The molecule has 2 rings (SSSR count). The standard InChI is InChI=1S/C17H14Cl2O5/c1-22-6-7-23-16(20)11-2-4-15(5-3-11)24-17(21)12-8-13(18)10-14(19)9-12/h2-5,8-10H,6-7H2,1H3. The maximum Gasteiger partial charge on any atom is 0.343 e. The molecule has 0 aliphatic carbocycles. The summed E-state index contributed by atoms with van der Waals surface area (Å²) >= 11 is 11.7. The zero-order chi connectivity index (χ0) is 17.5. The van der Waals surface area contributed by atoms with Gasteiger partial charge in [0, 0.05) is 17.2 Å². The number of ether oxygens (including phenoxy) is 3. The largest absolute Gasteiger partial charge is 0.460 e. The Bertz CT molecular complexity index is 708. The average molecular weight is 369 g/mol. The Morgan fingerprint density at radius 1 is 0.875 bits per heavy atom. The number of esters is 2. The topological polar surface area (TPSA) is 61.8 Å². The van der Waals surface area contributed by atoms with Crippen LogP contribution in [0.15, 0.2) is 42.5 Å². The number of carbonyl (C=O) groups is 2. The van der Waals surface area contributed by atoms with E-state index in [4.69, 9.17) is 37.4 Å². The molecule has 0 fully saturated rings. The van der Waals surface area contributed by atoms with Crippen molar-refractivity contribution < 1.29 is 23.8 Å². The van der Waals surface area contributed by atoms with E-state index in [0.717, 1.165) is 0 Å². The fourth-order valence-electron chi connectivity index (χ4n) is 1.80. The van der Waals surface area contributed by atoms with Gasteiger partial charge in [-0.05, 0) is 42.5 Å². The number of hydrogen-bond donors (Lipinski definition) is 0. The van der Waals surface area contributed by atoms with E-state index in [9.17, 15) is 9.59 Å². The molecule has 0 aromatic heterocycles.